The van der Waals surface area contributed by atoms with E-state index in [0.29, 0.717) is 35.8 Å². The molecule has 2 aliphatic heterocycles. The number of fused-ring (bicyclic) bond motifs is 1. The van der Waals surface area contributed by atoms with E-state index in [4.69, 9.17) is 23.8 Å². The lowest BCUT2D eigenvalue weighted by Crippen LogP contribution is -2.13. The van der Waals surface area contributed by atoms with Crippen LogP contribution in [0.4, 0.5) is 4.39 Å². The maximum Gasteiger partial charge on any atom is 0.231 e. The van der Waals surface area contributed by atoms with Gasteiger partial charge in [-0.25, -0.2) is 4.39 Å². The van der Waals surface area contributed by atoms with Crippen molar-refractivity contribution < 1.29 is 28.2 Å². The average molecular weight is 438 g/mol. The second-order valence-corrected chi connectivity index (χ2v) is 6.90. The van der Waals surface area contributed by atoms with Gasteiger partial charge < -0.3 is 23.8 Å². The summed E-state index contributed by atoms with van der Waals surface area (Å²) in [6.45, 7) is 0.107. The molecule has 4 rings (SSSR count). The van der Waals surface area contributed by atoms with Crippen molar-refractivity contribution in [3.63, 3.8) is 0 Å². The van der Waals surface area contributed by atoms with Gasteiger partial charge in [0.05, 0.1) is 24.4 Å². The predicted molar refractivity (Wildman–Crippen MR) is 99.5 cm³/mol. The van der Waals surface area contributed by atoms with Crippen LogP contribution in [0.5, 0.6) is 23.0 Å². The van der Waals surface area contributed by atoms with Crippen molar-refractivity contribution in [1.82, 2.24) is 0 Å². The van der Waals surface area contributed by atoms with E-state index in [0.717, 1.165) is 21.3 Å². The fourth-order valence-corrected chi connectivity index (χ4v) is 3.93. The van der Waals surface area contributed by atoms with Crippen LogP contribution in [-0.4, -0.2) is 32.8 Å². The van der Waals surface area contributed by atoms with Crippen molar-refractivity contribution in [3.05, 3.63) is 45.7 Å². The summed E-state index contributed by atoms with van der Waals surface area (Å²) in [5.74, 6) is 1.88. The Balaban J connectivity index is 1.60. The highest BCUT2D eigenvalue weighted by Gasteiger charge is 2.33. The molecule has 0 aliphatic carbocycles. The normalized spacial score (nSPS) is 17.5. The zero-order valence-corrected chi connectivity index (χ0v) is 16.3. The third kappa shape index (κ3) is 3.18. The second-order valence-electron chi connectivity index (χ2n) is 6.10. The van der Waals surface area contributed by atoms with E-state index in [9.17, 15) is 4.39 Å². The molecular weight excluding hydrogens is 421 g/mol. The van der Waals surface area contributed by atoms with E-state index in [1.807, 2.05) is 0 Å². The third-order valence-electron chi connectivity index (χ3n) is 4.51. The minimum Gasteiger partial charge on any atom is -0.492 e. The summed E-state index contributed by atoms with van der Waals surface area (Å²) >= 11 is 3.59. The molecule has 2 aromatic rings. The van der Waals surface area contributed by atoms with Gasteiger partial charge in [0.1, 0.15) is 11.9 Å². The monoisotopic (exact) mass is 437 g/mol. The molecule has 27 heavy (non-hydrogen) atoms. The van der Waals surface area contributed by atoms with Gasteiger partial charge in [0, 0.05) is 18.4 Å². The summed E-state index contributed by atoms with van der Waals surface area (Å²) in [6.07, 6.45) is 0.920. The van der Waals surface area contributed by atoms with Gasteiger partial charge >= 0.3 is 0 Å². The number of benzene rings is 2. The third-order valence-corrected chi connectivity index (χ3v) is 5.35. The molecule has 0 N–H and O–H groups in total. The van der Waals surface area contributed by atoms with Crippen LogP contribution in [0.1, 0.15) is 17.5 Å². The maximum absolute atomic E-state index is 13.1. The summed E-state index contributed by atoms with van der Waals surface area (Å²) in [4.78, 5) is 5.61. The summed E-state index contributed by atoms with van der Waals surface area (Å²) in [7, 11) is 3.15. The molecule has 8 heteroatoms. The number of hydrogen-bond donors (Lipinski definition) is 0. The van der Waals surface area contributed by atoms with E-state index >= 15 is 0 Å². The highest BCUT2D eigenvalue weighted by molar-refractivity contribution is 9.10. The molecule has 0 fully saturated rings. The Hall–Kier alpha value is -2.48. The first-order valence-corrected chi connectivity index (χ1v) is 9.12. The standard InChI is InChI=1S/C19H17BrFNO5/c1-23-16-13(15(20)17(24-2)19-18(16)25-9-26-19)7-12-8-14(22-27-12)10-3-5-11(21)6-4-10/h3-6,12H,7-9H2,1-2H3/t12-/m1/s1. The first-order valence-electron chi connectivity index (χ1n) is 8.33. The van der Waals surface area contributed by atoms with Crippen molar-refractivity contribution in [2.75, 3.05) is 21.0 Å². The van der Waals surface area contributed by atoms with Crippen molar-refractivity contribution in [2.45, 2.75) is 18.9 Å². The van der Waals surface area contributed by atoms with Gasteiger partial charge in [-0.2, -0.15) is 0 Å². The van der Waals surface area contributed by atoms with E-state index in [2.05, 4.69) is 21.1 Å². The van der Waals surface area contributed by atoms with Crippen LogP contribution in [-0.2, 0) is 11.3 Å². The minimum absolute atomic E-state index is 0.107. The number of nitrogens with zero attached hydrogens (tertiary/aromatic N) is 1. The molecule has 0 aromatic heterocycles. The number of hydrogen-bond acceptors (Lipinski definition) is 6. The fraction of sp³-hybridized carbons (Fsp3) is 0.316. The predicted octanol–water partition coefficient (Wildman–Crippen LogP) is 4.07. The molecule has 0 radical (unpaired) electrons. The lowest BCUT2D eigenvalue weighted by atomic mass is 9.99. The van der Waals surface area contributed by atoms with E-state index in [1.165, 1.54) is 12.1 Å². The van der Waals surface area contributed by atoms with Crippen molar-refractivity contribution >= 4 is 21.6 Å². The van der Waals surface area contributed by atoms with Gasteiger partial charge in [0.15, 0.2) is 11.5 Å². The largest absolute Gasteiger partial charge is 0.492 e. The molecule has 0 saturated heterocycles. The number of rotatable bonds is 5. The Morgan fingerprint density at radius 3 is 2.44 bits per heavy atom. The van der Waals surface area contributed by atoms with E-state index in [1.54, 1.807) is 26.4 Å². The molecule has 0 bridgehead atoms. The first kappa shape index (κ1) is 17.9. The summed E-state index contributed by atoms with van der Waals surface area (Å²) in [6, 6.07) is 6.21. The summed E-state index contributed by atoms with van der Waals surface area (Å²) in [5.41, 5.74) is 2.47. The van der Waals surface area contributed by atoms with Gasteiger partial charge in [-0.1, -0.05) is 17.3 Å². The lowest BCUT2D eigenvalue weighted by molar-refractivity contribution is 0.0852. The van der Waals surface area contributed by atoms with Crippen molar-refractivity contribution in [1.29, 1.82) is 0 Å². The Labute approximate surface area is 163 Å². The Bertz CT molecular complexity index is 900. The molecule has 1 atom stereocenters. The van der Waals surface area contributed by atoms with Gasteiger partial charge in [-0.3, -0.25) is 0 Å². The minimum atomic E-state index is -0.282. The van der Waals surface area contributed by atoms with E-state index < -0.39 is 0 Å². The number of ether oxygens (including phenoxy) is 4. The second kappa shape index (κ2) is 7.26. The average Bonchev–Trinajstić information content (AvgIpc) is 3.33. The molecule has 0 spiro atoms. The number of halogens is 2. The maximum atomic E-state index is 13.1. The molecular formula is C19H17BrFNO5. The topological polar surface area (TPSA) is 58.5 Å². The number of methoxy groups -OCH3 is 2. The quantitative estimate of drug-likeness (QED) is 0.705. The van der Waals surface area contributed by atoms with Gasteiger partial charge in [0.25, 0.3) is 0 Å². The van der Waals surface area contributed by atoms with Crippen LogP contribution >= 0.6 is 15.9 Å². The lowest BCUT2D eigenvalue weighted by Gasteiger charge is -2.18. The van der Waals surface area contributed by atoms with Crippen molar-refractivity contribution in [2.24, 2.45) is 5.16 Å². The molecule has 2 heterocycles. The van der Waals surface area contributed by atoms with Crippen LogP contribution in [0.25, 0.3) is 0 Å². The van der Waals surface area contributed by atoms with Crippen molar-refractivity contribution in [3.8, 4) is 23.0 Å². The zero-order chi connectivity index (χ0) is 19.0. The Kier molecular flexibility index (Phi) is 4.82. The van der Waals surface area contributed by atoms with Gasteiger partial charge in [-0.15, -0.1) is 0 Å². The molecule has 2 aromatic carbocycles. The molecule has 0 unspecified atom stereocenters. The number of oxime groups is 1. The molecule has 2 aliphatic rings. The van der Waals surface area contributed by atoms with Crippen LogP contribution in [0.2, 0.25) is 0 Å². The zero-order valence-electron chi connectivity index (χ0n) is 14.8. The first-order chi connectivity index (χ1) is 13.1. The van der Waals surface area contributed by atoms with Crippen LogP contribution < -0.4 is 18.9 Å². The SMILES string of the molecule is COc1c(Br)c(C[C@@H]2CC(c3ccc(F)cc3)=NO2)c(OC)c2c1OCO2. The molecule has 142 valence electrons. The van der Waals surface area contributed by atoms with Gasteiger partial charge in [0.2, 0.25) is 18.3 Å². The fourth-order valence-electron chi connectivity index (χ4n) is 3.25. The van der Waals surface area contributed by atoms with Gasteiger partial charge in [-0.05, 0) is 33.6 Å². The van der Waals surface area contributed by atoms with Crippen LogP contribution in [0.15, 0.2) is 33.9 Å². The summed E-state index contributed by atoms with van der Waals surface area (Å²) < 4.78 is 36.0. The molecule has 0 amide bonds. The highest BCUT2D eigenvalue weighted by Crippen LogP contribution is 2.54. The Morgan fingerprint density at radius 1 is 1.11 bits per heavy atom. The highest BCUT2D eigenvalue weighted by atomic mass is 79.9. The summed E-state index contributed by atoms with van der Waals surface area (Å²) in [5, 5.41) is 4.16. The van der Waals surface area contributed by atoms with Crippen LogP contribution in [0.3, 0.4) is 0 Å². The molecule has 6 nitrogen and oxygen atoms in total. The molecule has 0 saturated carbocycles. The Morgan fingerprint density at radius 2 is 1.78 bits per heavy atom. The van der Waals surface area contributed by atoms with Crippen LogP contribution in [0, 0.1) is 5.82 Å². The smallest absolute Gasteiger partial charge is 0.231 e. The van der Waals surface area contributed by atoms with E-state index in [-0.39, 0.29) is 18.7 Å².